The van der Waals surface area contributed by atoms with Gasteiger partial charge in [-0.1, -0.05) is 86.3 Å². The fraction of sp³-hybridized carbons (Fsp3) is 0.483. The highest BCUT2D eigenvalue weighted by Crippen LogP contribution is 2.20. The second kappa shape index (κ2) is 14.3. The van der Waals surface area contributed by atoms with E-state index in [2.05, 4.69) is 5.32 Å². The highest BCUT2D eigenvalue weighted by atomic mass is 16.4. The SMILES string of the molecule is O=C(O)CCCCCC(=O)N(Cc1ccccc1)C(Cc1ccccc1)C(=O)NC1CCCCC1. The minimum absolute atomic E-state index is 0.0658. The van der Waals surface area contributed by atoms with E-state index in [9.17, 15) is 14.4 Å². The molecule has 0 heterocycles. The van der Waals surface area contributed by atoms with E-state index in [0.717, 1.165) is 36.8 Å². The zero-order chi connectivity index (χ0) is 24.9. The number of amides is 2. The first-order valence-corrected chi connectivity index (χ1v) is 12.9. The number of carboxylic acid groups (broad SMARTS) is 1. The van der Waals surface area contributed by atoms with Crippen molar-refractivity contribution in [3.05, 3.63) is 71.8 Å². The fourth-order valence-electron chi connectivity index (χ4n) is 4.75. The van der Waals surface area contributed by atoms with Crippen molar-refractivity contribution in [1.82, 2.24) is 10.2 Å². The number of hydrogen-bond acceptors (Lipinski definition) is 3. The van der Waals surface area contributed by atoms with Crippen LogP contribution in [0.3, 0.4) is 0 Å². The first-order chi connectivity index (χ1) is 17.0. The maximum atomic E-state index is 13.6. The first kappa shape index (κ1) is 26.5. The molecule has 0 bridgehead atoms. The zero-order valence-electron chi connectivity index (χ0n) is 20.5. The van der Waals surface area contributed by atoms with Gasteiger partial charge in [0.1, 0.15) is 6.04 Å². The van der Waals surface area contributed by atoms with Crippen molar-refractivity contribution >= 4 is 17.8 Å². The summed E-state index contributed by atoms with van der Waals surface area (Å²) in [6, 6.07) is 19.2. The van der Waals surface area contributed by atoms with E-state index in [4.69, 9.17) is 5.11 Å². The van der Waals surface area contributed by atoms with Crippen LogP contribution in [0.5, 0.6) is 0 Å². The molecule has 1 unspecified atom stereocenters. The summed E-state index contributed by atoms with van der Waals surface area (Å²) in [5.41, 5.74) is 2.00. The third kappa shape index (κ3) is 9.19. The summed E-state index contributed by atoms with van der Waals surface area (Å²) in [6.45, 7) is 0.365. The van der Waals surface area contributed by atoms with E-state index in [-0.39, 0.29) is 24.3 Å². The number of unbranched alkanes of at least 4 members (excludes halogenated alkanes) is 2. The normalized spacial score (nSPS) is 14.7. The molecule has 1 saturated carbocycles. The smallest absolute Gasteiger partial charge is 0.303 e. The van der Waals surface area contributed by atoms with Crippen molar-refractivity contribution in [3.63, 3.8) is 0 Å². The Labute approximate surface area is 208 Å². The second-order valence-corrected chi connectivity index (χ2v) is 9.51. The number of carbonyl (C=O) groups excluding carboxylic acids is 2. The maximum Gasteiger partial charge on any atom is 0.303 e. The largest absolute Gasteiger partial charge is 0.481 e. The second-order valence-electron chi connectivity index (χ2n) is 9.51. The van der Waals surface area contributed by atoms with E-state index in [0.29, 0.717) is 38.6 Å². The van der Waals surface area contributed by atoms with Gasteiger partial charge in [0.25, 0.3) is 0 Å². The lowest BCUT2D eigenvalue weighted by molar-refractivity contribution is -0.141. The van der Waals surface area contributed by atoms with Crippen LogP contribution in [0.2, 0.25) is 0 Å². The molecule has 188 valence electrons. The lowest BCUT2D eigenvalue weighted by Crippen LogP contribution is -2.52. The molecule has 3 rings (SSSR count). The molecule has 2 amide bonds. The molecule has 2 N–H and O–H groups in total. The van der Waals surface area contributed by atoms with Crippen molar-refractivity contribution in [2.45, 2.75) is 89.3 Å². The Morgan fingerprint density at radius 2 is 1.43 bits per heavy atom. The lowest BCUT2D eigenvalue weighted by atomic mass is 9.94. The molecule has 1 aliphatic carbocycles. The van der Waals surface area contributed by atoms with Crippen LogP contribution >= 0.6 is 0 Å². The average Bonchev–Trinajstić information content (AvgIpc) is 2.87. The summed E-state index contributed by atoms with van der Waals surface area (Å²) in [6.07, 6.45) is 8.13. The number of hydrogen-bond donors (Lipinski definition) is 2. The molecule has 0 radical (unpaired) electrons. The number of carbonyl (C=O) groups is 3. The van der Waals surface area contributed by atoms with Crippen molar-refractivity contribution in [1.29, 1.82) is 0 Å². The standard InChI is InChI=1S/C29H38N2O4/c32-27(19-11-4-12-20-28(33)34)31(22-24-15-7-2-8-16-24)26(21-23-13-5-1-6-14-23)29(35)30-25-17-9-3-10-18-25/h1-2,5-8,13-16,25-26H,3-4,9-12,17-22H2,(H,30,35)(H,33,34). The molecular weight excluding hydrogens is 440 g/mol. The zero-order valence-corrected chi connectivity index (χ0v) is 20.5. The summed E-state index contributed by atoms with van der Waals surface area (Å²) in [5, 5.41) is 12.1. The topological polar surface area (TPSA) is 86.7 Å². The van der Waals surface area contributed by atoms with E-state index in [1.54, 1.807) is 4.90 Å². The fourth-order valence-corrected chi connectivity index (χ4v) is 4.75. The predicted molar refractivity (Wildman–Crippen MR) is 137 cm³/mol. The minimum Gasteiger partial charge on any atom is -0.481 e. The molecule has 2 aromatic carbocycles. The number of nitrogens with one attached hydrogen (secondary N) is 1. The Morgan fingerprint density at radius 1 is 0.829 bits per heavy atom. The number of aliphatic carboxylic acids is 1. The quantitative estimate of drug-likeness (QED) is 0.392. The highest BCUT2D eigenvalue weighted by molar-refractivity contribution is 5.88. The monoisotopic (exact) mass is 478 g/mol. The minimum atomic E-state index is -0.815. The van der Waals surface area contributed by atoms with E-state index in [1.165, 1.54) is 6.42 Å². The summed E-state index contributed by atoms with van der Waals surface area (Å²) in [7, 11) is 0. The van der Waals surface area contributed by atoms with Crippen LogP contribution in [0.1, 0.15) is 75.3 Å². The van der Waals surface area contributed by atoms with E-state index >= 15 is 0 Å². The Kier molecular flexibility index (Phi) is 10.8. The van der Waals surface area contributed by atoms with Gasteiger partial charge >= 0.3 is 5.97 Å². The number of nitrogens with zero attached hydrogens (tertiary/aromatic N) is 1. The molecule has 6 heteroatoms. The number of benzene rings is 2. The Hall–Kier alpha value is -3.15. The third-order valence-corrected chi connectivity index (χ3v) is 6.70. The lowest BCUT2D eigenvalue weighted by Gasteiger charge is -2.33. The van der Waals surface area contributed by atoms with Gasteiger partial charge in [0.2, 0.25) is 11.8 Å². The first-order valence-electron chi connectivity index (χ1n) is 12.9. The summed E-state index contributed by atoms with van der Waals surface area (Å²) in [4.78, 5) is 39.7. The molecular formula is C29H38N2O4. The summed E-state index contributed by atoms with van der Waals surface area (Å²) < 4.78 is 0. The van der Waals surface area contributed by atoms with Crippen LogP contribution < -0.4 is 5.32 Å². The van der Waals surface area contributed by atoms with Crippen molar-refractivity contribution < 1.29 is 19.5 Å². The highest BCUT2D eigenvalue weighted by Gasteiger charge is 2.31. The Morgan fingerprint density at radius 3 is 2.06 bits per heavy atom. The molecule has 0 aliphatic heterocycles. The molecule has 1 atom stereocenters. The van der Waals surface area contributed by atoms with Gasteiger partial charge < -0.3 is 15.3 Å². The number of rotatable bonds is 13. The van der Waals surface area contributed by atoms with Gasteiger partial charge in [0.05, 0.1) is 0 Å². The summed E-state index contributed by atoms with van der Waals surface area (Å²) >= 11 is 0. The van der Waals surface area contributed by atoms with Gasteiger partial charge in [-0.2, -0.15) is 0 Å². The van der Waals surface area contributed by atoms with Crippen molar-refractivity contribution in [2.24, 2.45) is 0 Å². The van der Waals surface area contributed by atoms with E-state index < -0.39 is 12.0 Å². The molecule has 6 nitrogen and oxygen atoms in total. The van der Waals surface area contributed by atoms with Crippen LogP contribution in [0.4, 0.5) is 0 Å². The van der Waals surface area contributed by atoms with Crippen molar-refractivity contribution in [3.8, 4) is 0 Å². The van der Waals surface area contributed by atoms with Gasteiger partial charge in [-0.05, 0) is 36.8 Å². The van der Waals surface area contributed by atoms with Gasteiger partial charge in [-0.3, -0.25) is 14.4 Å². The Balaban J connectivity index is 1.79. The van der Waals surface area contributed by atoms with Gasteiger partial charge in [-0.15, -0.1) is 0 Å². The van der Waals surface area contributed by atoms with Crippen LogP contribution in [0, 0.1) is 0 Å². The van der Waals surface area contributed by atoms with Gasteiger partial charge in [0, 0.05) is 31.8 Å². The van der Waals surface area contributed by atoms with Crippen LogP contribution in [-0.2, 0) is 27.3 Å². The number of carboxylic acids is 1. The third-order valence-electron chi connectivity index (χ3n) is 6.70. The molecule has 2 aromatic rings. The molecule has 1 fully saturated rings. The summed E-state index contributed by atoms with van der Waals surface area (Å²) in [5.74, 6) is -0.968. The van der Waals surface area contributed by atoms with Crippen LogP contribution in [-0.4, -0.2) is 39.9 Å². The molecule has 0 saturated heterocycles. The van der Waals surface area contributed by atoms with Crippen LogP contribution in [0.25, 0.3) is 0 Å². The van der Waals surface area contributed by atoms with E-state index in [1.807, 2.05) is 60.7 Å². The maximum absolute atomic E-state index is 13.6. The van der Waals surface area contributed by atoms with Gasteiger partial charge in [0.15, 0.2) is 0 Å². The predicted octanol–water partition coefficient (Wildman–Crippen LogP) is 5.11. The van der Waals surface area contributed by atoms with Crippen molar-refractivity contribution in [2.75, 3.05) is 0 Å². The van der Waals surface area contributed by atoms with Gasteiger partial charge in [-0.25, -0.2) is 0 Å². The Bertz CT molecular complexity index is 926. The van der Waals surface area contributed by atoms with Crippen LogP contribution in [0.15, 0.2) is 60.7 Å². The molecule has 35 heavy (non-hydrogen) atoms. The average molecular weight is 479 g/mol. The molecule has 0 aromatic heterocycles. The molecule has 1 aliphatic rings. The molecule has 0 spiro atoms.